The van der Waals surface area contributed by atoms with E-state index in [0.29, 0.717) is 0 Å². The van der Waals surface area contributed by atoms with E-state index < -0.39 is 116 Å². The molecular formula is C36H42O18. The Morgan fingerprint density at radius 1 is 0.481 bits per heavy atom. The predicted molar refractivity (Wildman–Crippen MR) is 178 cm³/mol. The van der Waals surface area contributed by atoms with Crippen molar-refractivity contribution in [3.8, 4) is 5.75 Å². The maximum atomic E-state index is 12.7. The number of fused-ring (bicyclic) bond motifs is 1. The molecule has 2 aromatic carbocycles. The standard InChI is InChI=1S/C36H42O18/c1-17(37)44-15-27-29(46-19(3)39)31(47-20(4)40)34(50-23(7)43)36(53-27)54-30-28(16-45-18(2)38)52-35(33(49-22(6)42)32(30)48-21(5)41)51-26-13-12-24-10-8-9-11-25(24)14-26/h8-14,27-36H,15-16H2,1-7H3/t27-,28-,29-,30-,31+,32+,33-,34-,35-,36-/m1/s1. The molecule has 4 rings (SSSR count). The molecule has 0 bridgehead atoms. The summed E-state index contributed by atoms with van der Waals surface area (Å²) in [5, 5.41) is 1.70. The summed E-state index contributed by atoms with van der Waals surface area (Å²) in [6.45, 7) is 6.43. The molecule has 18 heteroatoms. The molecule has 0 amide bonds. The van der Waals surface area contributed by atoms with Crippen LogP contribution in [0.2, 0.25) is 0 Å². The molecule has 0 unspecified atom stereocenters. The average Bonchev–Trinajstić information content (AvgIpc) is 3.07. The Balaban J connectivity index is 1.81. The number of hydrogen-bond acceptors (Lipinski definition) is 18. The van der Waals surface area contributed by atoms with Gasteiger partial charge in [-0.1, -0.05) is 30.3 Å². The van der Waals surface area contributed by atoms with E-state index in [9.17, 15) is 33.6 Å². The van der Waals surface area contributed by atoms with E-state index in [4.69, 9.17) is 52.1 Å². The summed E-state index contributed by atoms with van der Waals surface area (Å²) in [5.41, 5.74) is 0. The molecule has 2 aliphatic rings. The molecule has 2 heterocycles. The first-order valence-corrected chi connectivity index (χ1v) is 16.8. The molecule has 0 spiro atoms. The molecule has 0 aromatic heterocycles. The summed E-state index contributed by atoms with van der Waals surface area (Å²) in [7, 11) is 0. The fourth-order valence-electron chi connectivity index (χ4n) is 5.94. The lowest BCUT2D eigenvalue weighted by atomic mass is 9.96. The molecule has 0 radical (unpaired) electrons. The van der Waals surface area contributed by atoms with Gasteiger partial charge in [-0.3, -0.25) is 33.6 Å². The number of carbonyl (C=O) groups is 7. The van der Waals surface area contributed by atoms with Crippen LogP contribution in [0.25, 0.3) is 10.8 Å². The van der Waals surface area contributed by atoms with Gasteiger partial charge < -0.3 is 52.1 Å². The Morgan fingerprint density at radius 3 is 1.43 bits per heavy atom. The van der Waals surface area contributed by atoms with E-state index in [1.165, 1.54) is 0 Å². The van der Waals surface area contributed by atoms with E-state index >= 15 is 0 Å². The zero-order valence-electron chi connectivity index (χ0n) is 30.6. The van der Waals surface area contributed by atoms with Gasteiger partial charge in [0.2, 0.25) is 12.4 Å². The van der Waals surface area contributed by atoms with Crippen molar-refractivity contribution in [3.05, 3.63) is 42.5 Å². The van der Waals surface area contributed by atoms with Crippen LogP contribution >= 0.6 is 0 Å². The molecule has 0 N–H and O–H groups in total. The van der Waals surface area contributed by atoms with Gasteiger partial charge in [0.15, 0.2) is 30.7 Å². The van der Waals surface area contributed by atoms with Gasteiger partial charge in [0.25, 0.3) is 0 Å². The van der Waals surface area contributed by atoms with Crippen molar-refractivity contribution in [2.45, 2.75) is 110 Å². The second-order valence-electron chi connectivity index (χ2n) is 12.3. The summed E-state index contributed by atoms with van der Waals surface area (Å²) >= 11 is 0. The quantitative estimate of drug-likeness (QED) is 0.210. The van der Waals surface area contributed by atoms with E-state index in [1.807, 2.05) is 24.3 Å². The minimum Gasteiger partial charge on any atom is -0.463 e. The molecule has 18 nitrogen and oxygen atoms in total. The monoisotopic (exact) mass is 762 g/mol. The Kier molecular flexibility index (Phi) is 14.3. The highest BCUT2D eigenvalue weighted by molar-refractivity contribution is 5.83. The molecule has 54 heavy (non-hydrogen) atoms. The van der Waals surface area contributed by atoms with Gasteiger partial charge in [0, 0.05) is 48.5 Å². The van der Waals surface area contributed by atoms with E-state index in [1.54, 1.807) is 18.2 Å². The topological polar surface area (TPSA) is 221 Å². The van der Waals surface area contributed by atoms with Gasteiger partial charge in [-0.15, -0.1) is 0 Å². The van der Waals surface area contributed by atoms with Crippen molar-refractivity contribution < 1.29 is 85.7 Å². The zero-order valence-corrected chi connectivity index (χ0v) is 30.6. The SMILES string of the molecule is CC(=O)OC[C@H]1O[C@H](O[C@H]2[C@H](OC(C)=O)[C@@H](OC(C)=O)[C@H](Oc3ccc4ccccc4c3)O[C@@H]2COC(C)=O)[C@H](OC(C)=O)[C@@H](OC(C)=O)[C@@H]1OC(C)=O. The van der Waals surface area contributed by atoms with E-state index in [2.05, 4.69) is 0 Å². The van der Waals surface area contributed by atoms with Crippen LogP contribution in [0.3, 0.4) is 0 Å². The maximum absolute atomic E-state index is 12.7. The van der Waals surface area contributed by atoms with Gasteiger partial charge >= 0.3 is 41.8 Å². The summed E-state index contributed by atoms with van der Waals surface area (Å²) < 4.78 is 63.0. The number of esters is 7. The lowest BCUT2D eigenvalue weighted by molar-refractivity contribution is -0.354. The van der Waals surface area contributed by atoms with Crippen LogP contribution in [0.1, 0.15) is 48.5 Å². The van der Waals surface area contributed by atoms with Gasteiger partial charge in [-0.2, -0.15) is 0 Å². The molecule has 2 saturated heterocycles. The highest BCUT2D eigenvalue weighted by Gasteiger charge is 2.58. The first-order chi connectivity index (χ1) is 25.5. The minimum absolute atomic E-state index is 0.266. The maximum Gasteiger partial charge on any atom is 0.303 e. The molecule has 2 aromatic rings. The average molecular weight is 763 g/mol. The zero-order chi connectivity index (χ0) is 39.7. The van der Waals surface area contributed by atoms with Gasteiger partial charge in [-0.05, 0) is 22.9 Å². The van der Waals surface area contributed by atoms with Crippen molar-refractivity contribution in [3.63, 3.8) is 0 Å². The fraction of sp³-hybridized carbons (Fsp3) is 0.528. The van der Waals surface area contributed by atoms with Crippen LogP contribution in [0.15, 0.2) is 42.5 Å². The van der Waals surface area contributed by atoms with Crippen molar-refractivity contribution in [1.29, 1.82) is 0 Å². The van der Waals surface area contributed by atoms with Crippen molar-refractivity contribution >= 4 is 52.6 Å². The molecule has 2 fully saturated rings. The first kappa shape index (κ1) is 41.4. The largest absolute Gasteiger partial charge is 0.463 e. The van der Waals surface area contributed by atoms with E-state index in [0.717, 1.165) is 59.2 Å². The first-order valence-electron chi connectivity index (χ1n) is 16.8. The molecule has 0 aliphatic carbocycles. The van der Waals surface area contributed by atoms with Crippen LogP contribution in [-0.2, 0) is 80.9 Å². The van der Waals surface area contributed by atoms with Gasteiger partial charge in [-0.25, -0.2) is 0 Å². The van der Waals surface area contributed by atoms with Crippen LogP contribution in [0.4, 0.5) is 0 Å². The predicted octanol–water partition coefficient (Wildman–Crippen LogP) is 1.84. The highest BCUT2D eigenvalue weighted by Crippen LogP contribution is 2.36. The van der Waals surface area contributed by atoms with Crippen LogP contribution in [0, 0.1) is 0 Å². The third-order valence-electron chi connectivity index (χ3n) is 7.86. The third kappa shape index (κ3) is 11.3. The molecule has 0 saturated carbocycles. The molecular weight excluding hydrogens is 720 g/mol. The Morgan fingerprint density at radius 2 is 0.907 bits per heavy atom. The normalized spacial score (nSPS) is 27.8. The number of hydrogen-bond donors (Lipinski definition) is 0. The summed E-state index contributed by atoms with van der Waals surface area (Å²) in [6.07, 6.45) is -15.7. The molecule has 10 atom stereocenters. The van der Waals surface area contributed by atoms with Gasteiger partial charge in [0.05, 0.1) is 0 Å². The fourth-order valence-corrected chi connectivity index (χ4v) is 5.94. The number of carbonyl (C=O) groups excluding carboxylic acids is 7. The van der Waals surface area contributed by atoms with Crippen molar-refractivity contribution in [2.75, 3.05) is 13.2 Å². The van der Waals surface area contributed by atoms with Crippen LogP contribution < -0.4 is 4.74 Å². The Hall–Kier alpha value is -5.33. The van der Waals surface area contributed by atoms with E-state index in [-0.39, 0.29) is 5.75 Å². The number of ether oxygens (including phenoxy) is 11. The smallest absolute Gasteiger partial charge is 0.303 e. The Labute approximate surface area is 309 Å². The second-order valence-corrected chi connectivity index (χ2v) is 12.3. The van der Waals surface area contributed by atoms with Crippen LogP contribution in [0.5, 0.6) is 5.75 Å². The third-order valence-corrected chi connectivity index (χ3v) is 7.86. The summed E-state index contributed by atoms with van der Waals surface area (Å²) in [6, 6.07) is 12.5. The Bertz CT molecular complexity index is 1710. The lowest BCUT2D eigenvalue weighted by Crippen LogP contribution is -2.67. The van der Waals surface area contributed by atoms with Crippen molar-refractivity contribution in [1.82, 2.24) is 0 Å². The minimum atomic E-state index is -1.80. The highest BCUT2D eigenvalue weighted by atomic mass is 16.8. The molecule has 294 valence electrons. The molecule has 2 aliphatic heterocycles. The second kappa shape index (κ2) is 18.6. The van der Waals surface area contributed by atoms with Crippen LogP contribution in [-0.4, -0.2) is 116 Å². The number of benzene rings is 2. The van der Waals surface area contributed by atoms with Crippen molar-refractivity contribution in [2.24, 2.45) is 0 Å². The number of rotatable bonds is 13. The lowest BCUT2D eigenvalue weighted by Gasteiger charge is -2.48. The summed E-state index contributed by atoms with van der Waals surface area (Å²) in [5.74, 6) is -5.58. The van der Waals surface area contributed by atoms with Gasteiger partial charge in [0.1, 0.15) is 37.3 Å². The summed E-state index contributed by atoms with van der Waals surface area (Å²) in [4.78, 5) is 86.1.